The summed E-state index contributed by atoms with van der Waals surface area (Å²) in [5.74, 6) is -0.212. The molecule has 2 amide bonds. The Morgan fingerprint density at radius 3 is 2.17 bits per heavy atom. The van der Waals surface area contributed by atoms with E-state index in [9.17, 15) is 9.59 Å². The van der Waals surface area contributed by atoms with E-state index in [1.165, 1.54) is 0 Å². The number of ether oxygens (including phenoxy) is 1. The van der Waals surface area contributed by atoms with E-state index in [1.54, 1.807) is 4.90 Å². The van der Waals surface area contributed by atoms with E-state index >= 15 is 0 Å². The van der Waals surface area contributed by atoms with Gasteiger partial charge in [0.25, 0.3) is 0 Å². The van der Waals surface area contributed by atoms with Crippen LogP contribution in [0.2, 0.25) is 5.02 Å². The molecule has 1 N–H and O–H groups in total. The zero-order valence-electron chi connectivity index (χ0n) is 20.9. The molecule has 3 rings (SSSR count). The summed E-state index contributed by atoms with van der Waals surface area (Å²) in [4.78, 5) is 28.8. The lowest BCUT2D eigenvalue weighted by Crippen LogP contribution is -2.50. The molecule has 3 aromatic rings. The Hall–Kier alpha value is -3.15. The number of amides is 2. The minimum Gasteiger partial charge on any atom is -0.382 e. The van der Waals surface area contributed by atoms with Crippen molar-refractivity contribution in [2.75, 3.05) is 19.8 Å². The Labute approximate surface area is 219 Å². The minimum absolute atomic E-state index is 0.0563. The third-order valence-corrected chi connectivity index (χ3v) is 6.23. The van der Waals surface area contributed by atoms with Crippen molar-refractivity contribution in [2.45, 2.75) is 45.2 Å². The number of benzene rings is 3. The summed E-state index contributed by atoms with van der Waals surface area (Å²) in [6, 6.07) is 26.6. The van der Waals surface area contributed by atoms with Crippen LogP contribution in [0.3, 0.4) is 0 Å². The molecule has 0 radical (unpaired) electrons. The van der Waals surface area contributed by atoms with Crippen LogP contribution in [0.1, 0.15) is 36.5 Å². The number of nitrogens with zero attached hydrogens (tertiary/aromatic N) is 1. The largest absolute Gasteiger partial charge is 0.382 e. The molecule has 0 heterocycles. The highest BCUT2D eigenvalue weighted by Gasteiger charge is 2.30. The van der Waals surface area contributed by atoms with Crippen molar-refractivity contribution in [2.24, 2.45) is 0 Å². The molecule has 1 atom stereocenters. The molecule has 36 heavy (non-hydrogen) atoms. The minimum atomic E-state index is -0.640. The lowest BCUT2D eigenvalue weighted by Gasteiger charge is -2.31. The second-order valence-electron chi connectivity index (χ2n) is 8.68. The van der Waals surface area contributed by atoms with Crippen LogP contribution >= 0.6 is 11.6 Å². The van der Waals surface area contributed by atoms with Crippen LogP contribution in [0.5, 0.6) is 0 Å². The molecule has 0 spiro atoms. The van der Waals surface area contributed by atoms with E-state index in [2.05, 4.69) is 5.32 Å². The molecule has 0 saturated carbocycles. The van der Waals surface area contributed by atoms with Crippen LogP contribution in [-0.2, 0) is 33.7 Å². The van der Waals surface area contributed by atoms with E-state index in [4.69, 9.17) is 16.3 Å². The van der Waals surface area contributed by atoms with Gasteiger partial charge in [0.2, 0.25) is 11.8 Å². The first-order chi connectivity index (χ1) is 17.6. The van der Waals surface area contributed by atoms with Crippen molar-refractivity contribution >= 4 is 23.4 Å². The Bertz CT molecular complexity index is 1060. The first-order valence-corrected chi connectivity index (χ1v) is 12.9. The first kappa shape index (κ1) is 27.4. The topological polar surface area (TPSA) is 58.6 Å². The highest BCUT2D eigenvalue weighted by atomic mass is 35.5. The highest BCUT2D eigenvalue weighted by molar-refractivity contribution is 6.30. The fourth-order valence-corrected chi connectivity index (χ4v) is 4.15. The number of aryl methyl sites for hydroxylation is 1. The van der Waals surface area contributed by atoms with Crippen molar-refractivity contribution in [3.63, 3.8) is 0 Å². The van der Waals surface area contributed by atoms with Gasteiger partial charge in [-0.3, -0.25) is 9.59 Å². The molecule has 3 aromatic carbocycles. The lowest BCUT2D eigenvalue weighted by molar-refractivity contribution is -0.141. The maximum absolute atomic E-state index is 13.6. The zero-order chi connectivity index (χ0) is 25.6. The molecule has 0 saturated heterocycles. The Balaban J connectivity index is 1.83. The van der Waals surface area contributed by atoms with Crippen LogP contribution in [0.25, 0.3) is 0 Å². The molecule has 0 aliphatic heterocycles. The zero-order valence-corrected chi connectivity index (χ0v) is 21.6. The monoisotopic (exact) mass is 506 g/mol. The summed E-state index contributed by atoms with van der Waals surface area (Å²) < 4.78 is 5.39. The van der Waals surface area contributed by atoms with Gasteiger partial charge in [0, 0.05) is 44.2 Å². The molecule has 6 heteroatoms. The number of carbonyl (C=O) groups excluding carboxylic acids is 2. The number of hydrogen-bond acceptors (Lipinski definition) is 3. The quantitative estimate of drug-likeness (QED) is 0.295. The van der Waals surface area contributed by atoms with Crippen molar-refractivity contribution in [1.82, 2.24) is 10.2 Å². The molecule has 0 aliphatic rings. The molecule has 0 aromatic heterocycles. The Kier molecular flexibility index (Phi) is 11.5. The first-order valence-electron chi connectivity index (χ1n) is 12.5. The van der Waals surface area contributed by atoms with E-state index in [1.807, 2.05) is 91.9 Å². The van der Waals surface area contributed by atoms with Gasteiger partial charge in [0.1, 0.15) is 6.04 Å². The number of halogens is 1. The van der Waals surface area contributed by atoms with Gasteiger partial charge < -0.3 is 15.0 Å². The van der Waals surface area contributed by atoms with Gasteiger partial charge in [-0.15, -0.1) is 0 Å². The van der Waals surface area contributed by atoms with Crippen molar-refractivity contribution in [3.8, 4) is 0 Å². The number of nitrogens with one attached hydrogen (secondary N) is 1. The van der Waals surface area contributed by atoms with Gasteiger partial charge in [0.15, 0.2) is 0 Å². The summed E-state index contributed by atoms with van der Waals surface area (Å²) >= 11 is 6.09. The molecular weight excluding hydrogens is 472 g/mol. The summed E-state index contributed by atoms with van der Waals surface area (Å²) in [6.45, 7) is 4.01. The van der Waals surface area contributed by atoms with Gasteiger partial charge in [-0.1, -0.05) is 84.4 Å². The van der Waals surface area contributed by atoms with E-state index in [0.717, 1.165) is 23.1 Å². The molecule has 5 nitrogen and oxygen atoms in total. The molecule has 0 bridgehead atoms. The lowest BCUT2D eigenvalue weighted by atomic mass is 10.0. The van der Waals surface area contributed by atoms with Gasteiger partial charge >= 0.3 is 0 Å². The van der Waals surface area contributed by atoms with E-state index in [-0.39, 0.29) is 11.8 Å². The van der Waals surface area contributed by atoms with Crippen LogP contribution in [0.15, 0.2) is 84.9 Å². The normalized spacial score (nSPS) is 11.6. The van der Waals surface area contributed by atoms with Crippen molar-refractivity contribution in [3.05, 3.63) is 107 Å². The summed E-state index contributed by atoms with van der Waals surface area (Å²) in [7, 11) is 0. The fraction of sp³-hybridized carbons (Fsp3) is 0.333. The number of hydrogen-bond donors (Lipinski definition) is 1. The predicted molar refractivity (Wildman–Crippen MR) is 145 cm³/mol. The SMILES string of the molecule is CCOCCCNC(=O)C(Cc1ccccc1)N(Cc1ccc(Cl)cc1)C(=O)CCc1ccccc1. The molecular formula is C30H35ClN2O3. The average Bonchev–Trinajstić information content (AvgIpc) is 2.91. The predicted octanol–water partition coefficient (Wildman–Crippen LogP) is 5.46. The van der Waals surface area contributed by atoms with Crippen molar-refractivity contribution < 1.29 is 14.3 Å². The van der Waals surface area contributed by atoms with Gasteiger partial charge in [-0.25, -0.2) is 0 Å². The second kappa shape index (κ2) is 15.1. The summed E-state index contributed by atoms with van der Waals surface area (Å²) in [6.07, 6.45) is 2.09. The maximum Gasteiger partial charge on any atom is 0.243 e. The number of rotatable bonds is 14. The van der Waals surface area contributed by atoms with Gasteiger partial charge in [-0.2, -0.15) is 0 Å². The third-order valence-electron chi connectivity index (χ3n) is 5.98. The molecule has 1 unspecified atom stereocenters. The van der Waals surface area contributed by atoms with E-state index < -0.39 is 6.04 Å². The average molecular weight is 507 g/mol. The smallest absolute Gasteiger partial charge is 0.243 e. The third kappa shape index (κ3) is 9.14. The second-order valence-corrected chi connectivity index (χ2v) is 9.12. The summed E-state index contributed by atoms with van der Waals surface area (Å²) in [5.41, 5.74) is 3.02. The highest BCUT2D eigenvalue weighted by Crippen LogP contribution is 2.18. The van der Waals surface area contributed by atoms with Crippen LogP contribution < -0.4 is 5.32 Å². The summed E-state index contributed by atoms with van der Waals surface area (Å²) in [5, 5.41) is 3.66. The standard InChI is InChI=1S/C30H35ClN2O3/c1-2-36-21-9-20-32-30(35)28(22-25-12-7-4-8-13-25)33(23-26-14-17-27(31)18-15-26)29(34)19-16-24-10-5-3-6-11-24/h3-8,10-15,17-18,28H,2,9,16,19-23H2,1H3,(H,32,35). The van der Waals surface area contributed by atoms with Crippen LogP contribution in [-0.4, -0.2) is 42.5 Å². The van der Waals surface area contributed by atoms with Gasteiger partial charge in [0.05, 0.1) is 0 Å². The van der Waals surface area contributed by atoms with E-state index in [0.29, 0.717) is 50.6 Å². The fourth-order valence-electron chi connectivity index (χ4n) is 4.03. The van der Waals surface area contributed by atoms with Crippen LogP contribution in [0.4, 0.5) is 0 Å². The maximum atomic E-state index is 13.6. The molecule has 0 fully saturated rings. The number of carbonyl (C=O) groups is 2. The molecule has 0 aliphatic carbocycles. The Morgan fingerprint density at radius 1 is 0.889 bits per heavy atom. The Morgan fingerprint density at radius 2 is 1.53 bits per heavy atom. The van der Waals surface area contributed by atoms with Gasteiger partial charge in [-0.05, 0) is 48.6 Å². The van der Waals surface area contributed by atoms with Crippen LogP contribution in [0, 0.1) is 0 Å². The van der Waals surface area contributed by atoms with Crippen molar-refractivity contribution in [1.29, 1.82) is 0 Å². The molecule has 190 valence electrons.